The van der Waals surface area contributed by atoms with Gasteiger partial charge in [0.2, 0.25) is 0 Å². The van der Waals surface area contributed by atoms with Gasteiger partial charge in [0.1, 0.15) is 0 Å². The molecular weight excluding hydrogens is 741 g/mol. The van der Waals surface area contributed by atoms with Gasteiger partial charge in [-0.25, -0.2) is 9.97 Å². The third-order valence-corrected chi connectivity index (χ3v) is 12.6. The second kappa shape index (κ2) is 14.6. The first-order valence-electron chi connectivity index (χ1n) is 21.1. The fourth-order valence-electron chi connectivity index (χ4n) is 9.52. The van der Waals surface area contributed by atoms with Gasteiger partial charge in [-0.1, -0.05) is 172 Å². The van der Waals surface area contributed by atoms with Gasteiger partial charge in [0.05, 0.1) is 28.1 Å². The summed E-state index contributed by atoms with van der Waals surface area (Å²) in [6, 6.07) is 69.8. The zero-order valence-electron chi connectivity index (χ0n) is 34.5. The van der Waals surface area contributed by atoms with Gasteiger partial charge >= 0.3 is 0 Å². The number of benzene rings is 8. The Hall–Kier alpha value is -7.56. The van der Waals surface area contributed by atoms with E-state index in [1.54, 1.807) is 0 Å². The molecule has 3 heterocycles. The molecule has 2 aromatic heterocycles. The first-order chi connectivity index (χ1) is 29.9. The van der Waals surface area contributed by atoms with Gasteiger partial charge in [-0.15, -0.1) is 0 Å². The van der Waals surface area contributed by atoms with E-state index in [9.17, 15) is 0 Å². The van der Waals surface area contributed by atoms with Crippen LogP contribution in [0.25, 0.3) is 72.0 Å². The number of hydrogen-bond acceptors (Lipinski definition) is 3. The lowest BCUT2D eigenvalue weighted by atomic mass is 9.73. The highest BCUT2D eigenvalue weighted by Crippen LogP contribution is 2.52. The number of aromatic nitrogens is 3. The molecule has 0 radical (unpaired) electrons. The topological polar surface area (TPSA) is 34.0 Å². The highest BCUT2D eigenvalue weighted by Gasteiger charge is 2.37. The predicted molar refractivity (Wildman–Crippen MR) is 256 cm³/mol. The van der Waals surface area contributed by atoms with Crippen LogP contribution in [0.15, 0.2) is 200 Å². The van der Waals surface area contributed by atoms with E-state index >= 15 is 0 Å². The molecule has 0 atom stereocenters. The molecule has 8 aromatic carbocycles. The molecule has 0 saturated heterocycles. The molecule has 10 aromatic rings. The molecule has 61 heavy (non-hydrogen) atoms. The van der Waals surface area contributed by atoms with E-state index in [-0.39, 0.29) is 5.41 Å². The van der Waals surface area contributed by atoms with E-state index in [0.29, 0.717) is 6.42 Å². The molecule has 292 valence electrons. The number of nitrogens with zero attached hydrogens (tertiary/aromatic N) is 4. The first kappa shape index (κ1) is 36.5. The van der Waals surface area contributed by atoms with Crippen LogP contribution < -0.4 is 4.90 Å². The summed E-state index contributed by atoms with van der Waals surface area (Å²) < 4.78 is 2.45. The highest BCUT2D eigenvalue weighted by atomic mass is 15.2. The number of allylic oxidation sites excluding steroid dienone is 2. The zero-order valence-corrected chi connectivity index (χ0v) is 34.5. The summed E-state index contributed by atoms with van der Waals surface area (Å²) in [7, 11) is 0. The van der Waals surface area contributed by atoms with Crippen LogP contribution in [0.1, 0.15) is 37.6 Å². The van der Waals surface area contributed by atoms with Crippen LogP contribution in [0.3, 0.4) is 0 Å². The summed E-state index contributed by atoms with van der Waals surface area (Å²) in [4.78, 5) is 12.6. The van der Waals surface area contributed by atoms with Crippen LogP contribution in [0.5, 0.6) is 0 Å². The smallest absolute Gasteiger partial charge is 0.160 e. The largest absolute Gasteiger partial charge is 0.314 e. The van der Waals surface area contributed by atoms with Crippen molar-refractivity contribution in [1.82, 2.24) is 14.5 Å². The number of hydrogen-bond donors (Lipinski definition) is 0. The quantitative estimate of drug-likeness (QED) is 0.161. The number of rotatable bonds is 7. The van der Waals surface area contributed by atoms with Gasteiger partial charge in [-0.3, -0.25) is 0 Å². The van der Waals surface area contributed by atoms with Gasteiger partial charge in [0, 0.05) is 50.8 Å². The van der Waals surface area contributed by atoms with Crippen LogP contribution >= 0.6 is 0 Å². The summed E-state index contributed by atoms with van der Waals surface area (Å²) in [6.45, 7) is 6.93. The fraction of sp³-hybridized carbons (Fsp3) is 0.0877. The van der Waals surface area contributed by atoms with Gasteiger partial charge < -0.3 is 9.47 Å². The Morgan fingerprint density at radius 3 is 1.98 bits per heavy atom. The zero-order chi connectivity index (χ0) is 41.1. The minimum Gasteiger partial charge on any atom is -0.314 e. The van der Waals surface area contributed by atoms with E-state index < -0.39 is 0 Å². The third-order valence-electron chi connectivity index (χ3n) is 12.6. The molecule has 0 amide bonds. The van der Waals surface area contributed by atoms with Crippen LogP contribution in [-0.2, 0) is 11.8 Å². The van der Waals surface area contributed by atoms with Crippen molar-refractivity contribution in [2.24, 2.45) is 0 Å². The molecule has 0 N–H and O–H groups in total. The Morgan fingerprint density at radius 2 is 1.18 bits per heavy atom. The van der Waals surface area contributed by atoms with Crippen molar-refractivity contribution in [3.05, 3.63) is 217 Å². The van der Waals surface area contributed by atoms with Crippen molar-refractivity contribution in [3.8, 4) is 33.8 Å². The maximum absolute atomic E-state index is 5.12. The highest BCUT2D eigenvalue weighted by molar-refractivity contribution is 6.22. The van der Waals surface area contributed by atoms with E-state index in [4.69, 9.17) is 9.97 Å². The summed E-state index contributed by atoms with van der Waals surface area (Å²) in [6.07, 6.45) is 2.97. The minimum absolute atomic E-state index is 0.164. The second-order valence-electron chi connectivity index (χ2n) is 16.6. The Labute approximate surface area is 356 Å². The summed E-state index contributed by atoms with van der Waals surface area (Å²) in [5, 5.41) is 5.00. The summed E-state index contributed by atoms with van der Waals surface area (Å²) in [5.41, 5.74) is 15.9. The Morgan fingerprint density at radius 1 is 0.525 bits per heavy atom. The average molecular weight is 785 g/mol. The minimum atomic E-state index is -0.164. The lowest BCUT2D eigenvalue weighted by Crippen LogP contribution is -2.30. The van der Waals surface area contributed by atoms with Crippen molar-refractivity contribution in [2.45, 2.75) is 32.6 Å². The number of anilines is 3. The monoisotopic (exact) mass is 784 g/mol. The molecule has 1 aliphatic rings. The van der Waals surface area contributed by atoms with Crippen molar-refractivity contribution in [3.63, 3.8) is 0 Å². The Kier molecular flexibility index (Phi) is 8.75. The van der Waals surface area contributed by atoms with Crippen LogP contribution in [0.4, 0.5) is 17.1 Å². The normalized spacial score (nSPS) is 13.4. The van der Waals surface area contributed by atoms with Crippen molar-refractivity contribution >= 4 is 55.3 Å². The SMILES string of the molecule is C/C(=C\Cc1cc(-c2ccccc2)nc(-c2ccccc2)n1)n1c2cc(-c3ccc4c(c3)N(c3ccccc3)c3ccccc3C4(C)C)ccc2c2c3ccccc3ccc21. The molecule has 1 aliphatic heterocycles. The Balaban J connectivity index is 1.07. The second-order valence-corrected chi connectivity index (χ2v) is 16.6. The van der Waals surface area contributed by atoms with Crippen LogP contribution in [0.2, 0.25) is 0 Å². The fourth-order valence-corrected chi connectivity index (χ4v) is 9.52. The Bertz CT molecular complexity index is 3250. The van der Waals surface area contributed by atoms with Gasteiger partial charge in [-0.05, 0) is 82.4 Å². The van der Waals surface area contributed by atoms with Crippen molar-refractivity contribution < 1.29 is 0 Å². The van der Waals surface area contributed by atoms with Crippen molar-refractivity contribution in [1.29, 1.82) is 0 Å². The maximum atomic E-state index is 5.12. The van der Waals surface area contributed by atoms with Gasteiger partial charge in [0.25, 0.3) is 0 Å². The molecule has 11 rings (SSSR count). The van der Waals surface area contributed by atoms with Gasteiger partial charge in [-0.2, -0.15) is 0 Å². The predicted octanol–water partition coefficient (Wildman–Crippen LogP) is 15.0. The number of para-hydroxylation sites is 2. The molecule has 4 heteroatoms. The van der Waals surface area contributed by atoms with Crippen LogP contribution in [0, 0.1) is 0 Å². The van der Waals surface area contributed by atoms with E-state index in [2.05, 4.69) is 206 Å². The molecule has 0 bridgehead atoms. The van der Waals surface area contributed by atoms with E-state index in [1.807, 2.05) is 24.3 Å². The standard InChI is InChI=1S/C57H44N4/c1-38(27-31-44-37-50(40-18-7-4-8-19-40)59-56(58-44)41-20-9-5-10-21-41)60-52-34-30-39-17-13-14-24-46(39)55(52)47-32-28-42(35-53(47)60)43-29-33-49-54(36-43)61(45-22-11-6-12-23-45)51-26-16-15-25-48(51)57(49,2)3/h4-30,32-37H,31H2,1-3H3/b38-27+. The molecule has 4 nitrogen and oxygen atoms in total. The van der Waals surface area contributed by atoms with E-state index in [0.717, 1.165) is 39.7 Å². The maximum Gasteiger partial charge on any atom is 0.160 e. The molecule has 0 aliphatic carbocycles. The summed E-state index contributed by atoms with van der Waals surface area (Å²) in [5.74, 6) is 0.735. The van der Waals surface area contributed by atoms with Gasteiger partial charge in [0.15, 0.2) is 5.82 Å². The first-order valence-corrected chi connectivity index (χ1v) is 21.1. The molecule has 0 saturated carbocycles. The molecule has 0 fully saturated rings. The lowest BCUT2D eigenvalue weighted by molar-refractivity contribution is 0.632. The average Bonchev–Trinajstić information content (AvgIpc) is 3.66. The van der Waals surface area contributed by atoms with Crippen molar-refractivity contribution in [2.75, 3.05) is 4.90 Å². The molecule has 0 spiro atoms. The lowest BCUT2D eigenvalue weighted by Gasteiger charge is -2.42. The summed E-state index contributed by atoms with van der Waals surface area (Å²) >= 11 is 0. The molecule has 0 unspecified atom stereocenters. The molecular formula is C57H44N4. The number of fused-ring (bicyclic) bond motifs is 7. The third kappa shape index (κ3) is 6.22. The van der Waals surface area contributed by atoms with E-state index in [1.165, 1.54) is 66.2 Å². The van der Waals surface area contributed by atoms with Crippen LogP contribution in [-0.4, -0.2) is 14.5 Å².